The van der Waals surface area contributed by atoms with Crippen molar-refractivity contribution in [2.75, 3.05) is 0 Å². The second-order valence-electron chi connectivity index (χ2n) is 3.85. The van der Waals surface area contributed by atoms with Gasteiger partial charge in [-0.25, -0.2) is 8.78 Å². The third kappa shape index (κ3) is 3.08. The van der Waals surface area contributed by atoms with Gasteiger partial charge in [0.25, 0.3) is 0 Å². The molecule has 2 aromatic rings. The molecule has 0 bridgehead atoms. The molecule has 0 saturated carbocycles. The number of nitrogens with one attached hydrogen (secondary N) is 1. The van der Waals surface area contributed by atoms with Crippen LogP contribution in [-0.2, 0) is 0 Å². The molecule has 3 nitrogen and oxygen atoms in total. The fourth-order valence-electron chi connectivity index (χ4n) is 1.50. The fraction of sp³-hybridized carbons (Fsp3) is 0. The molecule has 0 aliphatic heterocycles. The summed E-state index contributed by atoms with van der Waals surface area (Å²) in [7, 11) is 0. The normalized spacial score (nSPS) is 10.4. The zero-order valence-corrected chi connectivity index (χ0v) is 12.2. The van der Waals surface area contributed by atoms with Crippen LogP contribution in [0.15, 0.2) is 34.8 Å². The van der Waals surface area contributed by atoms with Gasteiger partial charge in [0.1, 0.15) is 29.0 Å². The maximum Gasteiger partial charge on any atom is 0.145 e. The van der Waals surface area contributed by atoms with E-state index in [0.717, 1.165) is 18.2 Å². The van der Waals surface area contributed by atoms with E-state index in [4.69, 9.17) is 27.5 Å². The van der Waals surface area contributed by atoms with E-state index < -0.39 is 11.6 Å². The molecule has 0 fully saturated rings. The highest BCUT2D eigenvalue weighted by molar-refractivity contribution is 9.10. The summed E-state index contributed by atoms with van der Waals surface area (Å²) in [6.45, 7) is 0. The largest absolute Gasteiger partial charge is 0.455 e. The number of hydrogen-bond donors (Lipinski definition) is 2. The van der Waals surface area contributed by atoms with Gasteiger partial charge < -0.3 is 10.5 Å². The molecule has 0 saturated heterocycles. The van der Waals surface area contributed by atoms with Crippen molar-refractivity contribution in [2.45, 2.75) is 0 Å². The van der Waals surface area contributed by atoms with Crippen molar-refractivity contribution < 1.29 is 13.5 Å². The lowest BCUT2D eigenvalue weighted by Crippen LogP contribution is -2.12. The molecule has 0 unspecified atom stereocenters. The predicted octanol–water partition coefficient (Wildman–Crippen LogP) is 4.46. The van der Waals surface area contributed by atoms with Crippen LogP contribution < -0.4 is 10.5 Å². The van der Waals surface area contributed by atoms with Gasteiger partial charge >= 0.3 is 0 Å². The van der Waals surface area contributed by atoms with Crippen molar-refractivity contribution in [3.05, 3.63) is 57.0 Å². The molecule has 0 aliphatic rings. The zero-order chi connectivity index (χ0) is 14.9. The van der Waals surface area contributed by atoms with E-state index in [9.17, 15) is 8.78 Å². The smallest absolute Gasteiger partial charge is 0.145 e. The molecule has 3 N–H and O–H groups in total. The molecule has 0 amide bonds. The molecule has 7 heteroatoms. The Balaban J connectivity index is 2.45. The molecular weight excluding hydrogens is 354 g/mol. The summed E-state index contributed by atoms with van der Waals surface area (Å²) in [5.41, 5.74) is 5.44. The number of nitrogens with two attached hydrogens (primary N) is 1. The highest BCUT2D eigenvalue weighted by Crippen LogP contribution is 2.35. The number of rotatable bonds is 3. The average Bonchev–Trinajstić information content (AvgIpc) is 2.37. The van der Waals surface area contributed by atoms with Gasteiger partial charge in [0.05, 0.1) is 15.1 Å². The summed E-state index contributed by atoms with van der Waals surface area (Å²) in [6.07, 6.45) is 0. The minimum Gasteiger partial charge on any atom is -0.455 e. The second kappa shape index (κ2) is 5.76. The van der Waals surface area contributed by atoms with Gasteiger partial charge in [0.15, 0.2) is 0 Å². The Bertz CT molecular complexity index is 694. The maximum absolute atomic E-state index is 13.4. The highest BCUT2D eigenvalue weighted by atomic mass is 79.9. The number of nitrogen functional groups attached to an aromatic ring is 1. The highest BCUT2D eigenvalue weighted by Gasteiger charge is 2.13. The number of hydrogen-bond acceptors (Lipinski definition) is 2. The monoisotopic (exact) mass is 360 g/mol. The van der Waals surface area contributed by atoms with E-state index in [0.29, 0.717) is 4.47 Å². The van der Waals surface area contributed by atoms with Crippen LogP contribution in [0, 0.1) is 17.0 Å². The van der Waals surface area contributed by atoms with Crippen molar-refractivity contribution in [3.8, 4) is 11.5 Å². The first-order valence-corrected chi connectivity index (χ1v) is 6.52. The quantitative estimate of drug-likeness (QED) is 0.482. The molecule has 0 aliphatic carbocycles. The lowest BCUT2D eigenvalue weighted by molar-refractivity contribution is 0.470. The molecule has 104 valence electrons. The summed E-state index contributed by atoms with van der Waals surface area (Å²) in [5, 5.41) is 7.33. The minimum atomic E-state index is -0.656. The molecule has 2 rings (SSSR count). The molecule has 0 atom stereocenters. The van der Waals surface area contributed by atoms with Gasteiger partial charge in [-0.05, 0) is 40.2 Å². The number of halogens is 4. The van der Waals surface area contributed by atoms with Crippen LogP contribution in [0.1, 0.15) is 5.56 Å². The van der Waals surface area contributed by atoms with Crippen LogP contribution in [0.3, 0.4) is 0 Å². The van der Waals surface area contributed by atoms with Gasteiger partial charge in [0, 0.05) is 6.07 Å². The molecule has 0 aromatic heterocycles. The zero-order valence-electron chi connectivity index (χ0n) is 9.88. The van der Waals surface area contributed by atoms with Crippen molar-refractivity contribution in [3.63, 3.8) is 0 Å². The Hall–Kier alpha value is -1.66. The predicted molar refractivity (Wildman–Crippen MR) is 76.6 cm³/mol. The first kappa shape index (κ1) is 14.7. The Kier molecular flexibility index (Phi) is 4.25. The molecule has 0 spiro atoms. The van der Waals surface area contributed by atoms with E-state index in [1.54, 1.807) is 0 Å². The summed E-state index contributed by atoms with van der Waals surface area (Å²) < 4.78 is 32.5. The Morgan fingerprint density at radius 1 is 1.20 bits per heavy atom. The van der Waals surface area contributed by atoms with Crippen LogP contribution in [0.5, 0.6) is 11.5 Å². The summed E-state index contributed by atoms with van der Waals surface area (Å²) in [5.74, 6) is -1.28. The van der Waals surface area contributed by atoms with Gasteiger partial charge in [-0.2, -0.15) is 0 Å². The Morgan fingerprint density at radius 3 is 2.55 bits per heavy atom. The van der Waals surface area contributed by atoms with E-state index in [1.165, 1.54) is 12.1 Å². The summed E-state index contributed by atoms with van der Waals surface area (Å²) in [6, 6.07) is 5.95. The maximum atomic E-state index is 13.4. The first-order valence-electron chi connectivity index (χ1n) is 5.35. The van der Waals surface area contributed by atoms with Gasteiger partial charge in [0.2, 0.25) is 0 Å². The molecule has 2 aromatic carbocycles. The number of amidine groups is 1. The molecule has 20 heavy (non-hydrogen) atoms. The van der Waals surface area contributed by atoms with Crippen LogP contribution in [0.4, 0.5) is 8.78 Å². The van der Waals surface area contributed by atoms with Gasteiger partial charge in [-0.3, -0.25) is 5.41 Å². The van der Waals surface area contributed by atoms with Gasteiger partial charge in [-0.1, -0.05) is 11.6 Å². The second-order valence-corrected chi connectivity index (χ2v) is 5.11. The average molecular weight is 362 g/mol. The molecular formula is C13H8BrClF2N2O. The van der Waals surface area contributed by atoms with Gasteiger partial charge in [-0.15, -0.1) is 0 Å². The van der Waals surface area contributed by atoms with Crippen LogP contribution >= 0.6 is 27.5 Å². The Morgan fingerprint density at radius 2 is 1.90 bits per heavy atom. The number of benzene rings is 2. The summed E-state index contributed by atoms with van der Waals surface area (Å²) in [4.78, 5) is 0. The van der Waals surface area contributed by atoms with Crippen LogP contribution in [-0.4, -0.2) is 5.84 Å². The Labute approximate surface area is 126 Å². The third-order valence-corrected chi connectivity index (χ3v) is 3.34. The molecule has 0 heterocycles. The van der Waals surface area contributed by atoms with E-state index in [1.807, 2.05) is 0 Å². The van der Waals surface area contributed by atoms with E-state index in [2.05, 4.69) is 15.9 Å². The topological polar surface area (TPSA) is 59.1 Å². The van der Waals surface area contributed by atoms with Crippen molar-refractivity contribution in [1.29, 1.82) is 5.41 Å². The SMILES string of the molecule is N=C(N)c1cc(F)ccc1Oc1cc(F)c(Cl)cc1Br. The van der Waals surface area contributed by atoms with Crippen LogP contribution in [0.2, 0.25) is 5.02 Å². The minimum absolute atomic E-state index is 0.0601. The third-order valence-electron chi connectivity index (χ3n) is 2.43. The lowest BCUT2D eigenvalue weighted by atomic mass is 10.2. The van der Waals surface area contributed by atoms with Crippen molar-refractivity contribution in [2.24, 2.45) is 5.73 Å². The molecule has 0 radical (unpaired) electrons. The first-order chi connectivity index (χ1) is 9.38. The van der Waals surface area contributed by atoms with Crippen molar-refractivity contribution >= 4 is 33.4 Å². The summed E-state index contributed by atoms with van der Waals surface area (Å²) >= 11 is 8.81. The lowest BCUT2D eigenvalue weighted by Gasteiger charge is -2.12. The van der Waals surface area contributed by atoms with Crippen LogP contribution in [0.25, 0.3) is 0 Å². The number of ether oxygens (including phenoxy) is 1. The van der Waals surface area contributed by atoms with Crippen molar-refractivity contribution in [1.82, 2.24) is 0 Å². The fourth-order valence-corrected chi connectivity index (χ4v) is 2.22. The van der Waals surface area contributed by atoms with E-state index >= 15 is 0 Å². The van der Waals surface area contributed by atoms with E-state index in [-0.39, 0.29) is 27.9 Å². The standard InChI is InChI=1S/C13H8BrClF2N2O/c14-8-4-9(15)10(17)5-12(8)20-11-2-1-6(16)3-7(11)13(18)19/h1-5H,(H3,18,19).